The molecular formula is C14H13N3O2S. The number of benzene rings is 1. The first-order chi connectivity index (χ1) is 9.56. The zero-order valence-electron chi connectivity index (χ0n) is 11.1. The summed E-state index contributed by atoms with van der Waals surface area (Å²) in [6, 6.07) is 7.89. The van der Waals surface area contributed by atoms with Gasteiger partial charge in [0.15, 0.2) is 0 Å². The van der Waals surface area contributed by atoms with Crippen molar-refractivity contribution in [1.82, 2.24) is 14.8 Å². The first-order valence-electron chi connectivity index (χ1n) is 6.19. The molecule has 3 rings (SSSR count). The number of para-hydroxylation sites is 1. The minimum atomic E-state index is -0.847. The average molecular weight is 287 g/mol. The number of nitrogens with zero attached hydrogens (tertiary/aromatic N) is 3. The van der Waals surface area contributed by atoms with Crippen molar-refractivity contribution >= 4 is 27.5 Å². The molecule has 0 unspecified atom stereocenters. The fourth-order valence-electron chi connectivity index (χ4n) is 2.22. The lowest BCUT2D eigenvalue weighted by Crippen LogP contribution is -2.03. The fourth-order valence-corrected chi connectivity index (χ4v) is 3.19. The minimum Gasteiger partial charge on any atom is -0.481 e. The summed E-state index contributed by atoms with van der Waals surface area (Å²) >= 11 is 1.55. The number of hydrogen-bond acceptors (Lipinski definition) is 4. The van der Waals surface area contributed by atoms with Gasteiger partial charge in [-0.15, -0.1) is 0 Å². The lowest BCUT2D eigenvalue weighted by atomic mass is 10.1. The maximum atomic E-state index is 10.9. The van der Waals surface area contributed by atoms with Gasteiger partial charge in [-0.25, -0.2) is 9.67 Å². The van der Waals surface area contributed by atoms with Crippen molar-refractivity contribution in [2.24, 2.45) is 0 Å². The molecule has 0 saturated heterocycles. The number of carboxylic acids is 1. The lowest BCUT2D eigenvalue weighted by Gasteiger charge is -1.99. The van der Waals surface area contributed by atoms with Crippen LogP contribution in [0.1, 0.15) is 17.0 Å². The number of aryl methyl sites for hydroxylation is 1. The molecule has 0 spiro atoms. The van der Waals surface area contributed by atoms with E-state index in [0.717, 1.165) is 32.3 Å². The van der Waals surface area contributed by atoms with Gasteiger partial charge >= 0.3 is 5.97 Å². The predicted octanol–water partition coefficient (Wildman–Crippen LogP) is 2.73. The van der Waals surface area contributed by atoms with Gasteiger partial charge in [0.05, 0.1) is 22.3 Å². The summed E-state index contributed by atoms with van der Waals surface area (Å²) in [6.45, 7) is 3.71. The van der Waals surface area contributed by atoms with E-state index in [1.54, 1.807) is 16.0 Å². The Hall–Kier alpha value is -2.21. The molecule has 2 heterocycles. The number of aliphatic carboxylic acids is 1. The van der Waals surface area contributed by atoms with Gasteiger partial charge in [-0.05, 0) is 26.0 Å². The quantitative estimate of drug-likeness (QED) is 0.804. The highest BCUT2D eigenvalue weighted by Crippen LogP contribution is 2.26. The Morgan fingerprint density at radius 2 is 2.10 bits per heavy atom. The van der Waals surface area contributed by atoms with Gasteiger partial charge < -0.3 is 5.11 Å². The summed E-state index contributed by atoms with van der Waals surface area (Å²) in [5.41, 5.74) is 3.27. The van der Waals surface area contributed by atoms with Crippen molar-refractivity contribution in [3.05, 3.63) is 41.2 Å². The highest BCUT2D eigenvalue weighted by atomic mass is 32.1. The third-order valence-corrected chi connectivity index (χ3v) is 4.24. The largest absolute Gasteiger partial charge is 0.481 e. The molecule has 6 heteroatoms. The van der Waals surface area contributed by atoms with Crippen LogP contribution in [-0.2, 0) is 11.2 Å². The van der Waals surface area contributed by atoms with E-state index in [1.807, 2.05) is 38.1 Å². The topological polar surface area (TPSA) is 68.0 Å². The molecule has 20 heavy (non-hydrogen) atoms. The predicted molar refractivity (Wildman–Crippen MR) is 77.6 cm³/mol. The van der Waals surface area contributed by atoms with Gasteiger partial charge in [0, 0.05) is 11.3 Å². The number of carbonyl (C=O) groups is 1. The molecule has 0 bridgehead atoms. The normalized spacial score (nSPS) is 11.1. The van der Waals surface area contributed by atoms with Crippen LogP contribution in [0.2, 0.25) is 0 Å². The Labute approximate surface area is 119 Å². The molecule has 0 atom stereocenters. The second-order valence-electron chi connectivity index (χ2n) is 4.60. The standard InChI is InChI=1S/C14H13N3O2S/c1-8-10(7-13(18)19)9(2)17(16-8)14-15-11-5-3-4-6-12(11)20-14/h3-6H,7H2,1-2H3,(H,18,19). The molecule has 0 aliphatic rings. The number of thiazole rings is 1. The summed E-state index contributed by atoms with van der Waals surface area (Å²) < 4.78 is 2.83. The van der Waals surface area contributed by atoms with E-state index in [9.17, 15) is 4.79 Å². The van der Waals surface area contributed by atoms with Crippen LogP contribution in [0.15, 0.2) is 24.3 Å². The van der Waals surface area contributed by atoms with Gasteiger partial charge in [-0.3, -0.25) is 4.79 Å². The molecule has 0 fully saturated rings. The average Bonchev–Trinajstić information content (AvgIpc) is 2.94. The molecule has 1 N–H and O–H groups in total. The zero-order chi connectivity index (χ0) is 14.3. The van der Waals surface area contributed by atoms with Crippen molar-refractivity contribution in [1.29, 1.82) is 0 Å². The van der Waals surface area contributed by atoms with Gasteiger partial charge in [-0.2, -0.15) is 5.10 Å². The van der Waals surface area contributed by atoms with Crippen LogP contribution in [0, 0.1) is 13.8 Å². The molecule has 0 radical (unpaired) electrons. The van der Waals surface area contributed by atoms with Crippen molar-refractivity contribution in [2.75, 3.05) is 0 Å². The highest BCUT2D eigenvalue weighted by Gasteiger charge is 2.17. The van der Waals surface area contributed by atoms with Crippen LogP contribution in [0.5, 0.6) is 0 Å². The van der Waals surface area contributed by atoms with Gasteiger partial charge in [0.1, 0.15) is 0 Å². The third kappa shape index (κ3) is 2.08. The Kier molecular flexibility index (Phi) is 3.02. The van der Waals surface area contributed by atoms with E-state index in [0.29, 0.717) is 0 Å². The number of rotatable bonds is 3. The number of aromatic nitrogens is 3. The first kappa shape index (κ1) is 12.8. The molecule has 3 aromatic rings. The molecule has 0 saturated carbocycles. The van der Waals surface area contributed by atoms with Gasteiger partial charge in [0.25, 0.3) is 0 Å². The summed E-state index contributed by atoms with van der Waals surface area (Å²) in [7, 11) is 0. The molecule has 0 amide bonds. The van der Waals surface area contributed by atoms with Crippen LogP contribution in [0.3, 0.4) is 0 Å². The molecule has 2 aromatic heterocycles. The van der Waals surface area contributed by atoms with Crippen LogP contribution in [-0.4, -0.2) is 25.8 Å². The minimum absolute atomic E-state index is 0.0113. The summed E-state index contributed by atoms with van der Waals surface area (Å²) in [6.07, 6.45) is -0.0113. The number of carboxylic acid groups (broad SMARTS) is 1. The Balaban J connectivity index is 2.12. The summed E-state index contributed by atoms with van der Waals surface area (Å²) in [5.74, 6) is -0.847. The van der Waals surface area contributed by atoms with E-state index in [1.165, 1.54) is 0 Å². The number of hydrogen-bond donors (Lipinski definition) is 1. The Morgan fingerprint density at radius 1 is 1.35 bits per heavy atom. The Morgan fingerprint density at radius 3 is 2.80 bits per heavy atom. The maximum Gasteiger partial charge on any atom is 0.307 e. The first-order valence-corrected chi connectivity index (χ1v) is 7.00. The molecule has 1 aromatic carbocycles. The molecular weight excluding hydrogens is 274 g/mol. The van der Waals surface area contributed by atoms with Crippen molar-refractivity contribution in [3.8, 4) is 5.13 Å². The monoisotopic (exact) mass is 287 g/mol. The highest BCUT2D eigenvalue weighted by molar-refractivity contribution is 7.20. The SMILES string of the molecule is Cc1nn(-c2nc3ccccc3s2)c(C)c1CC(=O)O. The van der Waals surface area contributed by atoms with Crippen LogP contribution in [0.25, 0.3) is 15.3 Å². The lowest BCUT2D eigenvalue weighted by molar-refractivity contribution is -0.136. The molecule has 5 nitrogen and oxygen atoms in total. The van der Waals surface area contributed by atoms with E-state index in [2.05, 4.69) is 10.1 Å². The second kappa shape index (κ2) is 4.72. The van der Waals surface area contributed by atoms with Gasteiger partial charge in [-0.1, -0.05) is 23.5 Å². The van der Waals surface area contributed by atoms with Crippen molar-refractivity contribution in [2.45, 2.75) is 20.3 Å². The van der Waals surface area contributed by atoms with E-state index < -0.39 is 5.97 Å². The molecule has 0 aliphatic carbocycles. The third-order valence-electron chi connectivity index (χ3n) is 3.23. The summed E-state index contributed by atoms with van der Waals surface area (Å²) in [5, 5.41) is 14.2. The van der Waals surface area contributed by atoms with E-state index in [4.69, 9.17) is 5.11 Å². The molecule has 102 valence electrons. The summed E-state index contributed by atoms with van der Waals surface area (Å²) in [4.78, 5) is 15.5. The molecule has 0 aliphatic heterocycles. The van der Waals surface area contributed by atoms with Crippen molar-refractivity contribution < 1.29 is 9.90 Å². The van der Waals surface area contributed by atoms with Crippen molar-refractivity contribution in [3.63, 3.8) is 0 Å². The van der Waals surface area contributed by atoms with Crippen LogP contribution >= 0.6 is 11.3 Å². The fraction of sp³-hybridized carbons (Fsp3) is 0.214. The second-order valence-corrected chi connectivity index (χ2v) is 5.60. The Bertz CT molecular complexity index is 771. The van der Waals surface area contributed by atoms with Crippen LogP contribution < -0.4 is 0 Å². The zero-order valence-corrected chi connectivity index (χ0v) is 11.9. The maximum absolute atomic E-state index is 10.9. The van der Waals surface area contributed by atoms with E-state index in [-0.39, 0.29) is 6.42 Å². The van der Waals surface area contributed by atoms with Gasteiger partial charge in [0.2, 0.25) is 5.13 Å². The van der Waals surface area contributed by atoms with Crippen LogP contribution in [0.4, 0.5) is 0 Å². The van der Waals surface area contributed by atoms with E-state index >= 15 is 0 Å². The number of fused-ring (bicyclic) bond motifs is 1. The smallest absolute Gasteiger partial charge is 0.307 e.